The Kier molecular flexibility index (Phi) is 3.92. The summed E-state index contributed by atoms with van der Waals surface area (Å²) in [4.78, 5) is 14.2. The number of rotatable bonds is 3. The molecule has 1 fully saturated rings. The van der Waals surface area contributed by atoms with E-state index in [1.165, 1.54) is 6.07 Å². The van der Waals surface area contributed by atoms with Crippen molar-refractivity contribution in [3.8, 4) is 0 Å². The second kappa shape index (κ2) is 6.11. The van der Waals surface area contributed by atoms with Crippen molar-refractivity contribution in [2.75, 3.05) is 18.0 Å². The van der Waals surface area contributed by atoms with Crippen molar-refractivity contribution in [3.05, 3.63) is 64.7 Å². The first-order valence-electron chi connectivity index (χ1n) is 8.23. The molecule has 2 heterocycles. The summed E-state index contributed by atoms with van der Waals surface area (Å²) in [5.74, 6) is -2.22. The van der Waals surface area contributed by atoms with Gasteiger partial charge in [-0.3, -0.25) is 0 Å². The molecule has 0 spiro atoms. The summed E-state index contributed by atoms with van der Waals surface area (Å²) >= 11 is 0. The van der Waals surface area contributed by atoms with Crippen molar-refractivity contribution in [2.24, 2.45) is 0 Å². The Balaban J connectivity index is 1.58. The van der Waals surface area contributed by atoms with Crippen LogP contribution < -0.4 is 4.90 Å². The van der Waals surface area contributed by atoms with Crippen molar-refractivity contribution < 1.29 is 23.4 Å². The predicted molar refractivity (Wildman–Crippen MR) is 87.5 cm³/mol. The summed E-state index contributed by atoms with van der Waals surface area (Å²) in [6, 6.07) is 9.21. The lowest BCUT2D eigenvalue weighted by Crippen LogP contribution is -2.21. The van der Waals surface area contributed by atoms with Gasteiger partial charge in [-0.2, -0.15) is 0 Å². The fourth-order valence-corrected chi connectivity index (χ4v) is 3.46. The van der Waals surface area contributed by atoms with Crippen LogP contribution in [-0.4, -0.2) is 30.3 Å². The number of anilines is 1. The molecule has 4 rings (SSSR count). The van der Waals surface area contributed by atoms with Crippen molar-refractivity contribution >= 4 is 11.7 Å². The van der Waals surface area contributed by atoms with Crippen molar-refractivity contribution in [3.63, 3.8) is 0 Å². The summed E-state index contributed by atoms with van der Waals surface area (Å²) in [7, 11) is 0. The van der Waals surface area contributed by atoms with Crippen LogP contribution in [0, 0.1) is 11.6 Å². The standard InChI is InChI=1S/C19H17F2NO3/c20-16-4-1-11(7-17(16)21)8-18-14-3-2-12(9-15(14)19(24)25-18)22-6-5-13(23)10-22/h1-4,7,9,13,18,23H,5-6,8,10H2/t13-,18?/m1/s1. The van der Waals surface area contributed by atoms with Gasteiger partial charge in [-0.1, -0.05) is 12.1 Å². The SMILES string of the molecule is O=C1OC(Cc2ccc(F)c(F)c2)c2ccc(N3CC[C@@H](O)C3)cc21. The third kappa shape index (κ3) is 2.98. The molecule has 2 atom stereocenters. The molecule has 2 aliphatic heterocycles. The number of ether oxygens (including phenoxy) is 1. The average molecular weight is 345 g/mol. The molecule has 4 nitrogen and oxygen atoms in total. The van der Waals surface area contributed by atoms with Gasteiger partial charge in [-0.05, 0) is 36.2 Å². The maximum absolute atomic E-state index is 13.4. The van der Waals surface area contributed by atoms with Crippen LogP contribution in [0.4, 0.5) is 14.5 Å². The van der Waals surface area contributed by atoms with E-state index < -0.39 is 23.7 Å². The number of cyclic esters (lactones) is 1. The zero-order valence-corrected chi connectivity index (χ0v) is 13.4. The third-order valence-corrected chi connectivity index (χ3v) is 4.79. The molecule has 2 aromatic carbocycles. The van der Waals surface area contributed by atoms with Gasteiger partial charge < -0.3 is 14.7 Å². The third-order valence-electron chi connectivity index (χ3n) is 4.79. The van der Waals surface area contributed by atoms with E-state index in [-0.39, 0.29) is 12.5 Å². The smallest absolute Gasteiger partial charge is 0.339 e. The molecule has 2 aromatic rings. The minimum Gasteiger partial charge on any atom is -0.454 e. The van der Waals surface area contributed by atoms with Gasteiger partial charge >= 0.3 is 5.97 Å². The summed E-state index contributed by atoms with van der Waals surface area (Å²) in [5.41, 5.74) is 2.68. The number of aliphatic hydroxyl groups excluding tert-OH is 1. The first-order valence-corrected chi connectivity index (χ1v) is 8.23. The van der Waals surface area contributed by atoms with Crippen molar-refractivity contribution in [1.29, 1.82) is 0 Å². The molecule has 130 valence electrons. The number of β-amino-alcohol motifs (C(OH)–C–C–N with tert-alkyl or cyclic N) is 1. The van der Waals surface area contributed by atoms with Crippen LogP contribution in [0.5, 0.6) is 0 Å². The fourth-order valence-electron chi connectivity index (χ4n) is 3.46. The number of halogens is 2. The first-order chi connectivity index (χ1) is 12.0. The van der Waals surface area contributed by atoms with E-state index >= 15 is 0 Å². The molecule has 0 aliphatic carbocycles. The Hall–Kier alpha value is -2.47. The van der Waals surface area contributed by atoms with Gasteiger partial charge in [0.1, 0.15) is 6.10 Å². The summed E-state index contributed by atoms with van der Waals surface area (Å²) < 4.78 is 31.8. The fraction of sp³-hybridized carbons (Fsp3) is 0.316. The molecule has 0 saturated carbocycles. The minimum atomic E-state index is -0.912. The van der Waals surface area contributed by atoms with Crippen LogP contribution >= 0.6 is 0 Å². The molecule has 0 aromatic heterocycles. The van der Waals surface area contributed by atoms with Gasteiger partial charge in [0.05, 0.1) is 11.7 Å². The molecular weight excluding hydrogens is 328 g/mol. The molecule has 1 saturated heterocycles. The highest BCUT2D eigenvalue weighted by atomic mass is 19.2. The molecule has 1 unspecified atom stereocenters. The van der Waals surface area contributed by atoms with Crippen molar-refractivity contribution in [2.45, 2.75) is 25.0 Å². The monoisotopic (exact) mass is 345 g/mol. The normalized spacial score (nSPS) is 22.2. The van der Waals surface area contributed by atoms with Crippen LogP contribution in [0.3, 0.4) is 0 Å². The second-order valence-corrected chi connectivity index (χ2v) is 6.51. The lowest BCUT2D eigenvalue weighted by atomic mass is 9.98. The van der Waals surface area contributed by atoms with Gasteiger partial charge in [-0.15, -0.1) is 0 Å². The van der Waals surface area contributed by atoms with Gasteiger partial charge in [0.2, 0.25) is 0 Å². The summed E-state index contributed by atoms with van der Waals surface area (Å²) in [5, 5.41) is 9.66. The second-order valence-electron chi connectivity index (χ2n) is 6.51. The number of carbonyl (C=O) groups is 1. The number of fused-ring (bicyclic) bond motifs is 1. The Labute approximate surface area is 143 Å². The number of benzene rings is 2. The number of esters is 1. The van der Waals surface area contributed by atoms with Crippen LogP contribution in [0.15, 0.2) is 36.4 Å². The van der Waals surface area contributed by atoms with E-state index in [4.69, 9.17) is 4.74 Å². The zero-order valence-electron chi connectivity index (χ0n) is 13.4. The quantitative estimate of drug-likeness (QED) is 0.869. The van der Waals surface area contributed by atoms with E-state index in [0.717, 1.165) is 29.9 Å². The van der Waals surface area contributed by atoms with E-state index in [0.29, 0.717) is 24.1 Å². The van der Waals surface area contributed by atoms with E-state index in [1.807, 2.05) is 17.0 Å². The highest BCUT2D eigenvalue weighted by molar-refractivity contribution is 5.95. The van der Waals surface area contributed by atoms with Gasteiger partial charge in [0.25, 0.3) is 0 Å². The van der Waals surface area contributed by atoms with Crippen molar-refractivity contribution in [1.82, 2.24) is 0 Å². The van der Waals surface area contributed by atoms with Crippen LogP contribution in [0.2, 0.25) is 0 Å². The van der Waals surface area contributed by atoms with Gasteiger partial charge in [0, 0.05) is 30.8 Å². The Bertz CT molecular complexity index is 839. The number of hydrogen-bond acceptors (Lipinski definition) is 4. The highest BCUT2D eigenvalue weighted by Crippen LogP contribution is 2.36. The maximum atomic E-state index is 13.4. The lowest BCUT2D eigenvalue weighted by molar-refractivity contribution is 0.0387. The van der Waals surface area contributed by atoms with E-state index in [1.54, 1.807) is 6.07 Å². The number of aliphatic hydroxyl groups is 1. The molecular formula is C19H17F2NO3. The topological polar surface area (TPSA) is 49.8 Å². The van der Waals surface area contributed by atoms with Crippen LogP contribution in [0.1, 0.15) is 34.0 Å². The molecule has 1 N–H and O–H groups in total. The van der Waals surface area contributed by atoms with Crippen LogP contribution in [0.25, 0.3) is 0 Å². The van der Waals surface area contributed by atoms with E-state index in [2.05, 4.69) is 0 Å². The lowest BCUT2D eigenvalue weighted by Gasteiger charge is -2.18. The minimum absolute atomic E-state index is 0.289. The first kappa shape index (κ1) is 16.0. The van der Waals surface area contributed by atoms with E-state index in [9.17, 15) is 18.7 Å². The maximum Gasteiger partial charge on any atom is 0.339 e. The average Bonchev–Trinajstić information content (AvgIpc) is 3.15. The Morgan fingerprint density at radius 1 is 1.16 bits per heavy atom. The molecule has 0 bridgehead atoms. The number of nitrogens with zero attached hydrogens (tertiary/aromatic N) is 1. The summed E-state index contributed by atoms with van der Waals surface area (Å²) in [6.07, 6.45) is 0.143. The molecule has 6 heteroatoms. The highest BCUT2D eigenvalue weighted by Gasteiger charge is 2.32. The predicted octanol–water partition coefficient (Wildman–Crippen LogP) is 2.99. The summed E-state index contributed by atoms with van der Waals surface area (Å²) in [6.45, 7) is 1.29. The Morgan fingerprint density at radius 3 is 2.72 bits per heavy atom. The molecule has 0 amide bonds. The van der Waals surface area contributed by atoms with Crippen LogP contribution in [-0.2, 0) is 11.2 Å². The van der Waals surface area contributed by atoms with Gasteiger partial charge in [0.15, 0.2) is 11.6 Å². The zero-order chi connectivity index (χ0) is 17.6. The molecule has 0 radical (unpaired) electrons. The van der Waals surface area contributed by atoms with Gasteiger partial charge in [-0.25, -0.2) is 13.6 Å². The molecule has 25 heavy (non-hydrogen) atoms. The molecule has 2 aliphatic rings. The largest absolute Gasteiger partial charge is 0.454 e. The number of carbonyl (C=O) groups excluding carboxylic acids is 1. The number of hydrogen-bond donors (Lipinski definition) is 1. The Morgan fingerprint density at radius 2 is 2.00 bits per heavy atom.